The van der Waals surface area contributed by atoms with Crippen molar-refractivity contribution in [1.29, 1.82) is 0 Å². The molecule has 0 aliphatic rings. The molecule has 0 aliphatic heterocycles. The maximum absolute atomic E-state index is 11.6. The Labute approximate surface area is 153 Å². The molecule has 0 saturated carbocycles. The topological polar surface area (TPSA) is 142 Å². The Kier molecular flexibility index (Phi) is 4.60. The summed E-state index contributed by atoms with van der Waals surface area (Å²) in [4.78, 5) is 10.2. The van der Waals surface area contributed by atoms with E-state index in [1.165, 1.54) is 42.5 Å². The molecule has 9 nitrogen and oxygen atoms in total. The summed E-state index contributed by atoms with van der Waals surface area (Å²) in [5, 5.41) is 29.5. The number of hydrogen-bond donors (Lipinski definition) is 2. The van der Waals surface area contributed by atoms with Gasteiger partial charge in [0.25, 0.3) is 15.8 Å². The minimum atomic E-state index is -4.49. The number of hydrogen-bond acceptors (Lipinski definition) is 7. The van der Waals surface area contributed by atoms with E-state index in [0.717, 1.165) is 0 Å². The number of phenolic OH excluding ortho intramolecular Hbond substituents is 1. The third-order valence-corrected chi connectivity index (χ3v) is 4.82. The van der Waals surface area contributed by atoms with Crippen molar-refractivity contribution in [2.75, 3.05) is 0 Å². The summed E-state index contributed by atoms with van der Waals surface area (Å²) < 4.78 is 32.5. The van der Waals surface area contributed by atoms with Gasteiger partial charge in [-0.3, -0.25) is 14.7 Å². The van der Waals surface area contributed by atoms with Gasteiger partial charge >= 0.3 is 0 Å². The fraction of sp³-hybridized carbons (Fsp3) is 0.0588. The number of fused-ring (bicyclic) bond motifs is 1. The molecule has 3 aromatic carbocycles. The number of benzene rings is 3. The number of aromatic hydroxyl groups is 1. The molecular weight excluding hydrogens is 374 g/mol. The van der Waals surface area contributed by atoms with Gasteiger partial charge in [0.05, 0.1) is 4.92 Å². The minimum Gasteiger partial charge on any atom is -0.506 e. The number of nitro benzene ring substituents is 1. The SMILES string of the molecule is Cc1cccc([N+](=O)[O-])c1N=Nc1c(O)ccc2c(S(=O)(=O)O)cccc12. The van der Waals surface area contributed by atoms with Gasteiger partial charge in [-0.2, -0.15) is 8.42 Å². The van der Waals surface area contributed by atoms with Gasteiger partial charge < -0.3 is 5.11 Å². The molecule has 0 heterocycles. The molecule has 3 aromatic rings. The molecule has 2 N–H and O–H groups in total. The zero-order valence-corrected chi connectivity index (χ0v) is 14.7. The van der Waals surface area contributed by atoms with E-state index in [1.807, 2.05) is 0 Å². The van der Waals surface area contributed by atoms with Gasteiger partial charge in [-0.05, 0) is 30.7 Å². The third kappa shape index (κ3) is 3.48. The van der Waals surface area contributed by atoms with Crippen LogP contribution in [0.2, 0.25) is 0 Å². The van der Waals surface area contributed by atoms with Crippen LogP contribution in [-0.2, 0) is 10.1 Å². The molecule has 0 aliphatic carbocycles. The van der Waals surface area contributed by atoms with Gasteiger partial charge in [-0.15, -0.1) is 10.2 Å². The zero-order valence-electron chi connectivity index (χ0n) is 13.9. The molecule has 0 saturated heterocycles. The Bertz CT molecular complexity index is 1200. The lowest BCUT2D eigenvalue weighted by molar-refractivity contribution is -0.384. The van der Waals surface area contributed by atoms with Crippen LogP contribution < -0.4 is 0 Å². The van der Waals surface area contributed by atoms with Crippen molar-refractivity contribution < 1.29 is 23.0 Å². The first-order chi connectivity index (χ1) is 12.7. The second kappa shape index (κ2) is 6.74. The number of nitro groups is 1. The highest BCUT2D eigenvalue weighted by molar-refractivity contribution is 7.86. The highest BCUT2D eigenvalue weighted by atomic mass is 32.2. The van der Waals surface area contributed by atoms with Gasteiger partial charge in [0.15, 0.2) is 5.69 Å². The van der Waals surface area contributed by atoms with E-state index in [1.54, 1.807) is 13.0 Å². The third-order valence-electron chi connectivity index (χ3n) is 3.91. The first-order valence-electron chi connectivity index (χ1n) is 7.58. The van der Waals surface area contributed by atoms with Crippen molar-refractivity contribution in [3.8, 4) is 5.75 Å². The van der Waals surface area contributed by atoms with Crippen LogP contribution in [0.4, 0.5) is 17.1 Å². The van der Waals surface area contributed by atoms with Crippen LogP contribution in [0.5, 0.6) is 5.75 Å². The van der Waals surface area contributed by atoms with E-state index in [-0.39, 0.29) is 38.5 Å². The summed E-state index contributed by atoms with van der Waals surface area (Å²) in [6.45, 7) is 1.63. The predicted molar refractivity (Wildman–Crippen MR) is 97.4 cm³/mol. The Morgan fingerprint density at radius 3 is 2.30 bits per heavy atom. The summed E-state index contributed by atoms with van der Waals surface area (Å²) in [6, 6.07) is 11.0. The number of nitrogens with zero attached hydrogens (tertiary/aromatic N) is 3. The average Bonchev–Trinajstić information content (AvgIpc) is 2.60. The first kappa shape index (κ1) is 18.4. The molecule has 0 atom stereocenters. The van der Waals surface area contributed by atoms with E-state index >= 15 is 0 Å². The lowest BCUT2D eigenvalue weighted by Crippen LogP contribution is -1.98. The Balaban J connectivity index is 2.24. The quantitative estimate of drug-likeness (QED) is 0.293. The van der Waals surface area contributed by atoms with E-state index in [0.29, 0.717) is 5.56 Å². The van der Waals surface area contributed by atoms with Crippen molar-refractivity contribution >= 4 is 38.0 Å². The number of aryl methyl sites for hydroxylation is 1. The molecule has 27 heavy (non-hydrogen) atoms. The lowest BCUT2D eigenvalue weighted by Gasteiger charge is -2.07. The highest BCUT2D eigenvalue weighted by Gasteiger charge is 2.18. The molecule has 0 fully saturated rings. The molecule has 0 spiro atoms. The van der Waals surface area contributed by atoms with Crippen molar-refractivity contribution in [3.63, 3.8) is 0 Å². The summed E-state index contributed by atoms with van der Waals surface area (Å²) in [5.74, 6) is -0.296. The summed E-state index contributed by atoms with van der Waals surface area (Å²) in [6.07, 6.45) is 0. The number of rotatable bonds is 4. The maximum atomic E-state index is 11.6. The smallest absolute Gasteiger partial charge is 0.296 e. The van der Waals surface area contributed by atoms with E-state index < -0.39 is 15.0 Å². The Hall–Kier alpha value is -3.37. The van der Waals surface area contributed by atoms with Crippen LogP contribution in [0.15, 0.2) is 63.7 Å². The fourth-order valence-electron chi connectivity index (χ4n) is 2.65. The maximum Gasteiger partial charge on any atom is 0.296 e. The zero-order chi connectivity index (χ0) is 19.8. The first-order valence-corrected chi connectivity index (χ1v) is 9.02. The van der Waals surface area contributed by atoms with Gasteiger partial charge in [-0.1, -0.05) is 24.3 Å². The molecule has 0 bridgehead atoms. The number of azo groups is 1. The van der Waals surface area contributed by atoms with Crippen LogP contribution in [0.1, 0.15) is 5.56 Å². The molecule has 0 unspecified atom stereocenters. The second-order valence-electron chi connectivity index (χ2n) is 5.66. The Morgan fingerprint density at radius 2 is 1.63 bits per heavy atom. The van der Waals surface area contributed by atoms with E-state index in [2.05, 4.69) is 10.2 Å². The average molecular weight is 387 g/mol. The van der Waals surface area contributed by atoms with Gasteiger partial charge in [-0.25, -0.2) is 0 Å². The van der Waals surface area contributed by atoms with Crippen LogP contribution in [0, 0.1) is 17.0 Å². The van der Waals surface area contributed by atoms with Crippen LogP contribution in [0.3, 0.4) is 0 Å². The molecule has 3 rings (SSSR count). The van der Waals surface area contributed by atoms with Gasteiger partial charge in [0.1, 0.15) is 16.3 Å². The highest BCUT2D eigenvalue weighted by Crippen LogP contribution is 2.39. The minimum absolute atomic E-state index is 0.0184. The fourth-order valence-corrected chi connectivity index (χ4v) is 3.36. The Morgan fingerprint density at radius 1 is 0.963 bits per heavy atom. The van der Waals surface area contributed by atoms with Gasteiger partial charge in [0.2, 0.25) is 0 Å². The normalized spacial score (nSPS) is 11.9. The largest absolute Gasteiger partial charge is 0.506 e. The van der Waals surface area contributed by atoms with Crippen molar-refractivity contribution in [2.24, 2.45) is 10.2 Å². The molecule has 0 amide bonds. The monoisotopic (exact) mass is 387 g/mol. The standard InChI is InChI=1S/C17H13N3O6S/c1-10-4-2-6-13(20(22)23)16(10)18-19-17-12-5-3-7-15(27(24,25)26)11(12)8-9-14(17)21/h2-9,21H,1H3,(H,24,25,26). The van der Waals surface area contributed by atoms with Crippen LogP contribution >= 0.6 is 0 Å². The molecule has 138 valence electrons. The summed E-state index contributed by atoms with van der Waals surface area (Å²) in [5.41, 5.74) is 0.198. The van der Waals surface area contributed by atoms with E-state index in [9.17, 15) is 28.2 Å². The lowest BCUT2D eigenvalue weighted by atomic mass is 10.1. The van der Waals surface area contributed by atoms with Crippen molar-refractivity contribution in [3.05, 3.63) is 64.2 Å². The van der Waals surface area contributed by atoms with Crippen molar-refractivity contribution in [2.45, 2.75) is 11.8 Å². The van der Waals surface area contributed by atoms with Crippen LogP contribution in [0.25, 0.3) is 10.8 Å². The molecule has 10 heteroatoms. The summed E-state index contributed by atoms with van der Waals surface area (Å²) in [7, 11) is -4.49. The molecular formula is C17H13N3O6S. The molecule has 0 aromatic heterocycles. The van der Waals surface area contributed by atoms with E-state index in [4.69, 9.17) is 0 Å². The number of phenols is 1. The predicted octanol–water partition coefficient (Wildman–Crippen LogP) is 4.42. The van der Waals surface area contributed by atoms with Gasteiger partial charge in [0, 0.05) is 16.8 Å². The second-order valence-corrected chi connectivity index (χ2v) is 7.05. The summed E-state index contributed by atoms with van der Waals surface area (Å²) >= 11 is 0. The molecule has 0 radical (unpaired) electrons. The van der Waals surface area contributed by atoms with Crippen molar-refractivity contribution in [1.82, 2.24) is 0 Å². The van der Waals surface area contributed by atoms with Crippen LogP contribution in [-0.4, -0.2) is 23.0 Å².